The van der Waals surface area contributed by atoms with Crippen LogP contribution < -0.4 is 10.6 Å². The third kappa shape index (κ3) is 19.5. The number of carbonyl (C=O) groups is 4. The number of halogens is 4. The number of rotatable bonds is 20. The van der Waals surface area contributed by atoms with Gasteiger partial charge in [-0.1, -0.05) is 71.7 Å². The summed E-state index contributed by atoms with van der Waals surface area (Å²) in [5.41, 5.74) is 0.319. The second-order valence-electron chi connectivity index (χ2n) is 19.5. The zero-order valence-corrected chi connectivity index (χ0v) is 43.7. The van der Waals surface area contributed by atoms with Crippen molar-refractivity contribution < 1.29 is 56.7 Å². The molecule has 0 aliphatic rings. The van der Waals surface area contributed by atoms with Gasteiger partial charge in [-0.2, -0.15) is 0 Å². The van der Waals surface area contributed by atoms with Crippen LogP contribution in [0.2, 0.25) is 10.0 Å². The molecule has 0 spiro atoms. The lowest BCUT2D eigenvalue weighted by atomic mass is 9.82. The molecule has 0 saturated carbocycles. The molecule has 384 valence electrons. The van der Waals surface area contributed by atoms with Gasteiger partial charge in [0.05, 0.1) is 37.3 Å². The molecule has 12 nitrogen and oxygen atoms in total. The van der Waals surface area contributed by atoms with Crippen LogP contribution in [0.25, 0.3) is 22.3 Å². The van der Waals surface area contributed by atoms with Gasteiger partial charge in [0.2, 0.25) is 0 Å². The van der Waals surface area contributed by atoms with Crippen molar-refractivity contribution in [3.63, 3.8) is 0 Å². The average molecular weight is 1020 g/mol. The van der Waals surface area contributed by atoms with Gasteiger partial charge in [0, 0.05) is 39.9 Å². The molecule has 0 unspecified atom stereocenters. The molecule has 0 aliphatic heterocycles. The molecule has 2 amide bonds. The van der Waals surface area contributed by atoms with Gasteiger partial charge >= 0.3 is 24.1 Å². The number of hydrogen-bond donors (Lipinski definition) is 3. The number of carbonyl (C=O) groups excluding carboxylic acids is 4. The van der Waals surface area contributed by atoms with Gasteiger partial charge < -0.3 is 39.4 Å². The monoisotopic (exact) mass is 1010 g/mol. The molecule has 70 heavy (non-hydrogen) atoms. The smallest absolute Gasteiger partial charge is 0.407 e. The van der Waals surface area contributed by atoms with E-state index in [0.717, 1.165) is 11.1 Å². The van der Waals surface area contributed by atoms with E-state index in [1.165, 1.54) is 24.3 Å². The fourth-order valence-corrected chi connectivity index (χ4v) is 7.73. The highest BCUT2D eigenvalue weighted by atomic mass is 35.5. The maximum absolute atomic E-state index is 14.3. The minimum atomic E-state index is -1.21. The topological polar surface area (TPSA) is 159 Å². The maximum atomic E-state index is 14.3. The molecule has 4 aromatic rings. The van der Waals surface area contributed by atoms with Crippen LogP contribution in [0.15, 0.2) is 84.9 Å². The van der Waals surface area contributed by atoms with E-state index in [2.05, 4.69) is 10.6 Å². The number of ether oxygens (including phenoxy) is 5. The van der Waals surface area contributed by atoms with Crippen molar-refractivity contribution >= 4 is 47.3 Å². The summed E-state index contributed by atoms with van der Waals surface area (Å²) in [6.45, 7) is 19.9. The number of benzene rings is 4. The van der Waals surface area contributed by atoms with Gasteiger partial charge in [-0.15, -0.1) is 0 Å². The van der Waals surface area contributed by atoms with E-state index in [9.17, 15) is 33.1 Å². The molecule has 0 fully saturated rings. The predicted molar refractivity (Wildman–Crippen MR) is 270 cm³/mol. The standard InChI is InChI=1S/C28H37ClFNO5.C26H33ClFNO5/c1-7-34-18-28(6,25(32)35-8-2)17-22(31-26(33)36-27(3,4)5)15-19-9-11-20(12-10-19)23-16-21(29)13-14-24(23)30;1-6-33-23(31)26(5,16-30)15-20(29-24(32)34-25(2,3)4)13-17-7-9-18(10-8-17)21-14-19(27)11-12-22(21)28/h9-14,16,22H,7-8,15,17-18H2,1-6H3,(H,31,33);7-12,14,20,30H,6,13,15-16H2,1-5H3,(H,29,32)/t22-,28+;20-,26+/m11/s1. The summed E-state index contributed by atoms with van der Waals surface area (Å²) in [5.74, 6) is -1.67. The van der Waals surface area contributed by atoms with Gasteiger partial charge in [0.15, 0.2) is 0 Å². The summed E-state index contributed by atoms with van der Waals surface area (Å²) >= 11 is 12.0. The molecule has 0 saturated heterocycles. The third-order valence-corrected chi connectivity index (χ3v) is 11.2. The van der Waals surface area contributed by atoms with Crippen LogP contribution in [0.5, 0.6) is 0 Å². The van der Waals surface area contributed by atoms with Crippen molar-refractivity contribution in [3.05, 3.63) is 118 Å². The average Bonchev–Trinajstić information content (AvgIpc) is 3.27. The lowest BCUT2D eigenvalue weighted by molar-refractivity contribution is -0.159. The Morgan fingerprint density at radius 2 is 0.943 bits per heavy atom. The number of esters is 2. The molecule has 0 bridgehead atoms. The zero-order chi connectivity index (χ0) is 52.5. The van der Waals surface area contributed by atoms with E-state index in [-0.39, 0.29) is 50.3 Å². The summed E-state index contributed by atoms with van der Waals surface area (Å²) in [6.07, 6.45) is -0.0280. The largest absolute Gasteiger partial charge is 0.466 e. The Kier molecular flexibility index (Phi) is 22.6. The molecule has 4 aromatic carbocycles. The fraction of sp³-hybridized carbons (Fsp3) is 0.481. The first-order valence-corrected chi connectivity index (χ1v) is 24.1. The molecule has 0 aliphatic carbocycles. The van der Waals surface area contributed by atoms with Gasteiger partial charge in [-0.25, -0.2) is 18.4 Å². The van der Waals surface area contributed by atoms with Crippen LogP contribution in [0.3, 0.4) is 0 Å². The van der Waals surface area contributed by atoms with Crippen molar-refractivity contribution in [2.75, 3.05) is 33.0 Å². The molecule has 4 rings (SSSR count). The van der Waals surface area contributed by atoms with E-state index in [0.29, 0.717) is 51.7 Å². The highest BCUT2D eigenvalue weighted by Gasteiger charge is 2.39. The minimum absolute atomic E-state index is 0.131. The zero-order valence-electron chi connectivity index (χ0n) is 42.2. The van der Waals surface area contributed by atoms with Crippen LogP contribution in [0.1, 0.15) is 100 Å². The number of aliphatic hydroxyl groups excluding tert-OH is 1. The quantitative estimate of drug-likeness (QED) is 0.0575. The Hall–Kier alpha value is -5.28. The Balaban J connectivity index is 0.000000371. The molecule has 4 atom stereocenters. The first-order chi connectivity index (χ1) is 32.7. The fourth-order valence-electron chi connectivity index (χ4n) is 7.38. The Bertz CT molecular complexity index is 2340. The van der Waals surface area contributed by atoms with Crippen molar-refractivity contribution in [2.24, 2.45) is 10.8 Å². The SMILES string of the molecule is CCOC(=O)[C@](C)(CO)C[C@@H](Cc1ccc(-c2cc(Cl)ccc2F)cc1)NC(=O)OC(C)(C)C.CCOC[C@](C)(C[C@@H](Cc1ccc(-c2cc(Cl)ccc2F)cc1)NC(=O)OC(C)(C)C)C(=O)OCC. The summed E-state index contributed by atoms with van der Waals surface area (Å²) in [5, 5.41) is 16.5. The number of nitrogens with one attached hydrogen (secondary N) is 2. The minimum Gasteiger partial charge on any atom is -0.466 e. The van der Waals surface area contributed by atoms with Crippen molar-refractivity contribution in [1.82, 2.24) is 10.6 Å². The number of hydrogen-bond acceptors (Lipinski definition) is 10. The van der Waals surface area contributed by atoms with E-state index in [4.69, 9.17) is 46.9 Å². The Morgan fingerprint density at radius 1 is 0.571 bits per heavy atom. The molecule has 0 heterocycles. The molecule has 3 N–H and O–H groups in total. The van der Waals surface area contributed by atoms with E-state index in [1.54, 1.807) is 106 Å². The molecule has 0 aromatic heterocycles. The first-order valence-electron chi connectivity index (χ1n) is 23.3. The van der Waals surface area contributed by atoms with E-state index < -0.39 is 58.9 Å². The lowest BCUT2D eigenvalue weighted by Crippen LogP contribution is -2.46. The van der Waals surface area contributed by atoms with Crippen LogP contribution in [-0.4, -0.2) is 85.6 Å². The van der Waals surface area contributed by atoms with Gasteiger partial charge in [-0.3, -0.25) is 9.59 Å². The molecular weight excluding hydrogens is 945 g/mol. The van der Waals surface area contributed by atoms with Crippen LogP contribution in [0.4, 0.5) is 18.4 Å². The second-order valence-corrected chi connectivity index (χ2v) is 20.4. The first kappa shape index (κ1) is 59.0. The van der Waals surface area contributed by atoms with E-state index in [1.807, 2.05) is 31.2 Å². The normalized spacial score (nSPS) is 14.1. The van der Waals surface area contributed by atoms with Gasteiger partial charge in [0.1, 0.15) is 22.8 Å². The summed E-state index contributed by atoms with van der Waals surface area (Å²) in [7, 11) is 0. The lowest BCUT2D eigenvalue weighted by Gasteiger charge is -2.32. The molecule has 16 heteroatoms. The summed E-state index contributed by atoms with van der Waals surface area (Å²) in [4.78, 5) is 50.4. The van der Waals surface area contributed by atoms with E-state index >= 15 is 0 Å². The Labute approximate surface area is 422 Å². The van der Waals surface area contributed by atoms with Crippen LogP contribution in [0, 0.1) is 22.5 Å². The summed E-state index contributed by atoms with van der Waals surface area (Å²) in [6, 6.07) is 22.3. The third-order valence-electron chi connectivity index (χ3n) is 10.7. The summed E-state index contributed by atoms with van der Waals surface area (Å²) < 4.78 is 55.4. The van der Waals surface area contributed by atoms with Crippen molar-refractivity contribution in [3.8, 4) is 22.3 Å². The highest BCUT2D eigenvalue weighted by Crippen LogP contribution is 2.32. The van der Waals surface area contributed by atoms with Gasteiger partial charge in [-0.05, 0) is 160 Å². The maximum Gasteiger partial charge on any atom is 0.407 e. The van der Waals surface area contributed by atoms with Crippen LogP contribution in [-0.2, 0) is 46.1 Å². The second kappa shape index (κ2) is 26.8. The molecular formula is C54H70Cl2F2N2O10. The highest BCUT2D eigenvalue weighted by molar-refractivity contribution is 6.31. The number of alkyl carbamates (subject to hydrolysis) is 2. The van der Waals surface area contributed by atoms with Crippen LogP contribution >= 0.6 is 23.2 Å². The molecule has 0 radical (unpaired) electrons. The number of amides is 2. The predicted octanol–water partition coefficient (Wildman–Crippen LogP) is 12.1. The Morgan fingerprint density at radius 3 is 1.29 bits per heavy atom. The van der Waals surface area contributed by atoms with Crippen molar-refractivity contribution in [1.29, 1.82) is 0 Å². The van der Waals surface area contributed by atoms with Crippen molar-refractivity contribution in [2.45, 2.75) is 125 Å². The number of aliphatic hydroxyl groups is 1. The van der Waals surface area contributed by atoms with Gasteiger partial charge in [0.25, 0.3) is 0 Å².